The number of carboxylic acids is 1. The van der Waals surface area contributed by atoms with Crippen LogP contribution in [-0.2, 0) is 4.79 Å². The van der Waals surface area contributed by atoms with E-state index in [1.165, 1.54) is 64.2 Å². The highest BCUT2D eigenvalue weighted by Crippen LogP contribution is 2.54. The molecule has 1 aromatic carbocycles. The lowest BCUT2D eigenvalue weighted by Crippen LogP contribution is -2.26. The average molecular weight is 334 g/mol. The normalized spacial score (nSPS) is 19.9. The molecule has 0 saturated heterocycles. The fourth-order valence-corrected chi connectivity index (χ4v) is 7.84. The molecule has 0 amide bonds. The summed E-state index contributed by atoms with van der Waals surface area (Å²) in [6.07, 6.45) is 15.0. The zero-order valence-corrected chi connectivity index (χ0v) is 15.3. The van der Waals surface area contributed by atoms with Gasteiger partial charge in [0.15, 0.2) is 0 Å². The number of carbonyl (C=O) groups is 1. The van der Waals surface area contributed by atoms with Gasteiger partial charge in [-0.15, -0.1) is 0 Å². The van der Waals surface area contributed by atoms with Gasteiger partial charge in [0.2, 0.25) is 0 Å². The van der Waals surface area contributed by atoms with Crippen LogP contribution in [0.15, 0.2) is 30.3 Å². The Morgan fingerprint density at radius 3 is 1.65 bits per heavy atom. The number of hydrogen-bond donors (Lipinski definition) is 1. The van der Waals surface area contributed by atoms with E-state index < -0.39 is 5.97 Å². The van der Waals surface area contributed by atoms with Crippen molar-refractivity contribution in [2.75, 3.05) is 0 Å². The van der Waals surface area contributed by atoms with Crippen LogP contribution in [0.3, 0.4) is 0 Å². The van der Waals surface area contributed by atoms with Crippen LogP contribution in [0.1, 0.15) is 71.1 Å². The molecule has 3 heteroatoms. The van der Waals surface area contributed by atoms with Crippen molar-refractivity contribution in [2.24, 2.45) is 0 Å². The molecule has 0 aliphatic heterocycles. The maximum absolute atomic E-state index is 9.00. The standard InChI is InChI=1S/C18H27P.C2H4O2/c1-4-10-16(11-5-1)19(17-12-6-2-7-13-17)18-14-8-3-9-15-18;1-2(3)4/h1,4-5,10-11,17-18H,2-3,6-9,12-15H2;1H3,(H,3,4). The lowest BCUT2D eigenvalue weighted by atomic mass is 9.99. The quantitative estimate of drug-likeness (QED) is 0.736. The Morgan fingerprint density at radius 1 is 0.870 bits per heavy atom. The summed E-state index contributed by atoms with van der Waals surface area (Å²) in [6.45, 7) is 1.08. The highest BCUT2D eigenvalue weighted by atomic mass is 31.1. The molecule has 3 rings (SSSR count). The molecule has 1 N–H and O–H groups in total. The summed E-state index contributed by atoms with van der Waals surface area (Å²) in [5.74, 6) is -0.833. The van der Waals surface area contributed by atoms with E-state index in [0.717, 1.165) is 18.2 Å². The smallest absolute Gasteiger partial charge is 0.300 e. The Labute approximate surface area is 142 Å². The van der Waals surface area contributed by atoms with Gasteiger partial charge in [-0.05, 0) is 42.3 Å². The highest BCUT2D eigenvalue weighted by molar-refractivity contribution is 7.67. The van der Waals surface area contributed by atoms with Crippen LogP contribution >= 0.6 is 7.92 Å². The van der Waals surface area contributed by atoms with Crippen molar-refractivity contribution >= 4 is 19.2 Å². The summed E-state index contributed by atoms with van der Waals surface area (Å²) in [5.41, 5.74) is 2.07. The van der Waals surface area contributed by atoms with Gasteiger partial charge in [-0.2, -0.15) is 0 Å². The van der Waals surface area contributed by atoms with Crippen molar-refractivity contribution in [3.8, 4) is 0 Å². The lowest BCUT2D eigenvalue weighted by Gasteiger charge is -2.38. The molecule has 2 aliphatic rings. The van der Waals surface area contributed by atoms with Crippen molar-refractivity contribution < 1.29 is 9.90 Å². The molecule has 1 aromatic rings. The van der Waals surface area contributed by atoms with E-state index in [0.29, 0.717) is 0 Å². The molecule has 2 saturated carbocycles. The second-order valence-corrected chi connectivity index (χ2v) is 9.64. The highest BCUT2D eigenvalue weighted by Gasteiger charge is 2.31. The monoisotopic (exact) mass is 334 g/mol. The first-order valence-electron chi connectivity index (χ1n) is 9.21. The zero-order chi connectivity index (χ0) is 16.5. The first kappa shape index (κ1) is 18.5. The first-order chi connectivity index (χ1) is 11.2. The van der Waals surface area contributed by atoms with Crippen LogP contribution in [0.25, 0.3) is 0 Å². The number of aliphatic carboxylic acids is 1. The maximum atomic E-state index is 9.00. The summed E-state index contributed by atoms with van der Waals surface area (Å²) in [4.78, 5) is 9.00. The van der Waals surface area contributed by atoms with E-state index >= 15 is 0 Å². The summed E-state index contributed by atoms with van der Waals surface area (Å²) in [6, 6.07) is 11.6. The fourth-order valence-electron chi connectivity index (χ4n) is 4.04. The van der Waals surface area contributed by atoms with Gasteiger partial charge in [0, 0.05) is 6.92 Å². The van der Waals surface area contributed by atoms with Crippen LogP contribution in [0.2, 0.25) is 0 Å². The number of rotatable bonds is 3. The van der Waals surface area contributed by atoms with Crippen molar-refractivity contribution in [1.82, 2.24) is 0 Å². The van der Waals surface area contributed by atoms with Crippen LogP contribution in [0.4, 0.5) is 0 Å². The Kier molecular flexibility index (Phi) is 8.09. The van der Waals surface area contributed by atoms with Gasteiger partial charge in [0.1, 0.15) is 0 Å². The fraction of sp³-hybridized carbons (Fsp3) is 0.650. The molecule has 2 nitrogen and oxygen atoms in total. The predicted octanol–water partition coefficient (Wildman–Crippen LogP) is 5.55. The SMILES string of the molecule is CC(=O)O.c1ccc(P(C2CCCCC2)C2CCCCC2)cc1. The Balaban J connectivity index is 0.000000433. The third-order valence-electron chi connectivity index (χ3n) is 4.99. The van der Waals surface area contributed by atoms with E-state index in [2.05, 4.69) is 30.3 Å². The molecular weight excluding hydrogens is 303 g/mol. The van der Waals surface area contributed by atoms with Crippen LogP contribution in [0, 0.1) is 0 Å². The molecule has 0 atom stereocenters. The van der Waals surface area contributed by atoms with Crippen LogP contribution in [0.5, 0.6) is 0 Å². The molecule has 0 heterocycles. The van der Waals surface area contributed by atoms with Gasteiger partial charge in [0.05, 0.1) is 0 Å². The Hall–Kier alpha value is -0.880. The molecule has 0 unspecified atom stereocenters. The van der Waals surface area contributed by atoms with Gasteiger partial charge in [-0.25, -0.2) is 0 Å². The Bertz CT molecular complexity index is 426. The predicted molar refractivity (Wildman–Crippen MR) is 100 cm³/mol. The molecule has 128 valence electrons. The molecule has 0 radical (unpaired) electrons. The molecular formula is C20H31O2P. The third kappa shape index (κ3) is 6.26. The minimum atomic E-state index is -0.833. The topological polar surface area (TPSA) is 37.3 Å². The largest absolute Gasteiger partial charge is 0.481 e. The van der Waals surface area contributed by atoms with Crippen molar-refractivity contribution in [1.29, 1.82) is 0 Å². The molecule has 23 heavy (non-hydrogen) atoms. The molecule has 0 spiro atoms. The molecule has 0 aromatic heterocycles. The molecule has 2 fully saturated rings. The number of hydrogen-bond acceptors (Lipinski definition) is 1. The first-order valence-corrected chi connectivity index (χ1v) is 10.7. The lowest BCUT2D eigenvalue weighted by molar-refractivity contribution is -0.134. The maximum Gasteiger partial charge on any atom is 0.300 e. The zero-order valence-electron chi connectivity index (χ0n) is 14.4. The summed E-state index contributed by atoms with van der Waals surface area (Å²) in [5, 5.41) is 9.12. The second kappa shape index (κ2) is 10.1. The minimum absolute atomic E-state index is 0.108. The van der Waals surface area contributed by atoms with Crippen LogP contribution < -0.4 is 5.30 Å². The van der Waals surface area contributed by atoms with E-state index in [1.807, 2.05) is 0 Å². The van der Waals surface area contributed by atoms with E-state index in [4.69, 9.17) is 9.90 Å². The number of carboxylic acid groups (broad SMARTS) is 1. The van der Waals surface area contributed by atoms with Crippen molar-refractivity contribution in [3.05, 3.63) is 30.3 Å². The summed E-state index contributed by atoms with van der Waals surface area (Å²) >= 11 is 0. The van der Waals surface area contributed by atoms with Crippen molar-refractivity contribution in [2.45, 2.75) is 82.4 Å². The van der Waals surface area contributed by atoms with Gasteiger partial charge in [0.25, 0.3) is 5.97 Å². The van der Waals surface area contributed by atoms with Gasteiger partial charge < -0.3 is 5.11 Å². The van der Waals surface area contributed by atoms with Crippen LogP contribution in [-0.4, -0.2) is 22.4 Å². The molecule has 2 aliphatic carbocycles. The van der Waals surface area contributed by atoms with Gasteiger partial charge in [-0.1, -0.05) is 76.8 Å². The van der Waals surface area contributed by atoms with Crippen molar-refractivity contribution in [3.63, 3.8) is 0 Å². The van der Waals surface area contributed by atoms with Gasteiger partial charge in [-0.3, -0.25) is 4.79 Å². The van der Waals surface area contributed by atoms with E-state index in [1.54, 1.807) is 5.30 Å². The third-order valence-corrected chi connectivity index (χ3v) is 8.49. The number of benzene rings is 1. The summed E-state index contributed by atoms with van der Waals surface area (Å²) in [7, 11) is 0.108. The van der Waals surface area contributed by atoms with E-state index in [9.17, 15) is 0 Å². The van der Waals surface area contributed by atoms with E-state index in [-0.39, 0.29) is 7.92 Å². The molecule has 0 bridgehead atoms. The minimum Gasteiger partial charge on any atom is -0.481 e. The summed E-state index contributed by atoms with van der Waals surface area (Å²) < 4.78 is 0. The average Bonchev–Trinajstić information content (AvgIpc) is 2.58. The Morgan fingerprint density at radius 2 is 1.26 bits per heavy atom. The van der Waals surface area contributed by atoms with Gasteiger partial charge >= 0.3 is 0 Å². The second-order valence-electron chi connectivity index (χ2n) is 6.85.